The van der Waals surface area contributed by atoms with Crippen LogP contribution in [0.3, 0.4) is 0 Å². The van der Waals surface area contributed by atoms with E-state index in [0.717, 1.165) is 6.42 Å². The van der Waals surface area contributed by atoms with Crippen molar-refractivity contribution in [2.24, 2.45) is 0 Å². The van der Waals surface area contributed by atoms with E-state index in [1.165, 1.54) is 11.1 Å². The molecule has 0 aliphatic carbocycles. The van der Waals surface area contributed by atoms with Gasteiger partial charge in [0.25, 0.3) is 0 Å². The van der Waals surface area contributed by atoms with Crippen molar-refractivity contribution >= 4 is 0 Å². The van der Waals surface area contributed by atoms with Gasteiger partial charge in [-0.15, -0.1) is 0 Å². The average molecular weight is 229 g/mol. The van der Waals surface area contributed by atoms with Crippen LogP contribution in [0, 0.1) is 0 Å². The molecular weight excluding hydrogens is 210 g/mol. The first-order chi connectivity index (χ1) is 8.31. The molecule has 2 rings (SSSR count). The zero-order chi connectivity index (χ0) is 12.1. The van der Waals surface area contributed by atoms with Crippen molar-refractivity contribution in [2.45, 2.75) is 25.3 Å². The molecular formula is C15H19NO. The molecule has 0 saturated carbocycles. The summed E-state index contributed by atoms with van der Waals surface area (Å²) in [7, 11) is 2.02. The summed E-state index contributed by atoms with van der Waals surface area (Å²) < 4.78 is 5.12. The summed E-state index contributed by atoms with van der Waals surface area (Å²) in [6, 6.07) is 13.1. The Morgan fingerprint density at radius 1 is 1.18 bits per heavy atom. The van der Waals surface area contributed by atoms with Gasteiger partial charge in [0.1, 0.15) is 0 Å². The Balaban J connectivity index is 2.08. The molecule has 90 valence electrons. The van der Waals surface area contributed by atoms with Gasteiger partial charge in [0.15, 0.2) is 0 Å². The largest absolute Gasteiger partial charge is 0.472 e. The smallest absolute Gasteiger partial charge is 0.0935 e. The number of benzene rings is 1. The molecule has 1 aromatic heterocycles. The molecule has 1 heterocycles. The second kappa shape index (κ2) is 5.69. The van der Waals surface area contributed by atoms with Gasteiger partial charge in [0, 0.05) is 6.04 Å². The minimum absolute atomic E-state index is 0.426. The molecule has 0 aliphatic rings. The van der Waals surface area contributed by atoms with E-state index in [2.05, 4.69) is 42.6 Å². The first-order valence-corrected chi connectivity index (χ1v) is 6.04. The number of furan rings is 1. The van der Waals surface area contributed by atoms with E-state index in [-0.39, 0.29) is 0 Å². The predicted molar refractivity (Wildman–Crippen MR) is 70.1 cm³/mol. The lowest BCUT2D eigenvalue weighted by Gasteiger charge is -2.23. The maximum Gasteiger partial charge on any atom is 0.0935 e. The normalized spacial score (nSPS) is 14.5. The highest BCUT2D eigenvalue weighted by Crippen LogP contribution is 2.21. The van der Waals surface area contributed by atoms with Crippen molar-refractivity contribution in [1.82, 2.24) is 5.32 Å². The summed E-state index contributed by atoms with van der Waals surface area (Å²) in [4.78, 5) is 0. The maximum absolute atomic E-state index is 5.12. The van der Waals surface area contributed by atoms with Gasteiger partial charge in [0.05, 0.1) is 12.5 Å². The first-order valence-electron chi connectivity index (χ1n) is 6.04. The summed E-state index contributed by atoms with van der Waals surface area (Å²) in [6.45, 7) is 2.26. The van der Waals surface area contributed by atoms with E-state index < -0.39 is 0 Å². The van der Waals surface area contributed by atoms with Gasteiger partial charge in [0.2, 0.25) is 0 Å². The van der Waals surface area contributed by atoms with Crippen molar-refractivity contribution in [3.63, 3.8) is 0 Å². The molecule has 0 amide bonds. The Labute approximate surface area is 103 Å². The van der Waals surface area contributed by atoms with Crippen LogP contribution in [0.15, 0.2) is 53.3 Å². The Morgan fingerprint density at radius 2 is 1.94 bits per heavy atom. The summed E-state index contributed by atoms with van der Waals surface area (Å²) in [5.74, 6) is 0.482. The third kappa shape index (κ3) is 2.98. The third-order valence-corrected chi connectivity index (χ3v) is 3.34. The number of hydrogen-bond acceptors (Lipinski definition) is 2. The second-order valence-electron chi connectivity index (χ2n) is 4.43. The highest BCUT2D eigenvalue weighted by molar-refractivity contribution is 5.21. The fraction of sp³-hybridized carbons (Fsp3) is 0.333. The van der Waals surface area contributed by atoms with Gasteiger partial charge in [-0.2, -0.15) is 0 Å². The molecule has 1 aromatic carbocycles. The van der Waals surface area contributed by atoms with Crippen LogP contribution in [-0.2, 0) is 6.42 Å². The molecule has 1 N–H and O–H groups in total. The van der Waals surface area contributed by atoms with E-state index in [0.29, 0.717) is 12.0 Å². The van der Waals surface area contributed by atoms with E-state index >= 15 is 0 Å². The molecule has 17 heavy (non-hydrogen) atoms. The van der Waals surface area contributed by atoms with Crippen molar-refractivity contribution < 1.29 is 4.42 Å². The lowest BCUT2D eigenvalue weighted by molar-refractivity contribution is 0.479. The van der Waals surface area contributed by atoms with Gasteiger partial charge >= 0.3 is 0 Å². The molecule has 2 heteroatoms. The third-order valence-electron chi connectivity index (χ3n) is 3.34. The molecule has 2 aromatic rings. The molecule has 0 aliphatic heterocycles. The standard InChI is InChI=1S/C15H19NO/c1-12(14-6-4-3-5-7-14)15(16-2)10-13-8-9-17-11-13/h3-9,11-12,15-16H,10H2,1-2H3. The summed E-state index contributed by atoms with van der Waals surface area (Å²) >= 11 is 0. The van der Waals surface area contributed by atoms with E-state index in [1.54, 1.807) is 6.26 Å². The topological polar surface area (TPSA) is 25.2 Å². The highest BCUT2D eigenvalue weighted by Gasteiger charge is 2.17. The number of nitrogens with one attached hydrogen (secondary N) is 1. The molecule has 2 nitrogen and oxygen atoms in total. The number of rotatable bonds is 5. The van der Waals surface area contributed by atoms with Crippen LogP contribution in [0.5, 0.6) is 0 Å². The fourth-order valence-electron chi connectivity index (χ4n) is 2.18. The molecule has 0 radical (unpaired) electrons. The van der Waals surface area contributed by atoms with Crippen LogP contribution in [0.2, 0.25) is 0 Å². The molecule has 2 unspecified atom stereocenters. The molecule has 0 spiro atoms. The van der Waals surface area contributed by atoms with Crippen molar-refractivity contribution in [1.29, 1.82) is 0 Å². The zero-order valence-corrected chi connectivity index (χ0v) is 10.4. The summed E-state index contributed by atoms with van der Waals surface area (Å²) in [6.07, 6.45) is 4.54. The van der Waals surface area contributed by atoms with Crippen LogP contribution < -0.4 is 5.32 Å². The highest BCUT2D eigenvalue weighted by atomic mass is 16.3. The molecule has 0 saturated heterocycles. The van der Waals surface area contributed by atoms with Crippen molar-refractivity contribution in [3.8, 4) is 0 Å². The Hall–Kier alpha value is -1.54. The van der Waals surface area contributed by atoms with E-state index in [1.807, 2.05) is 19.4 Å². The average Bonchev–Trinajstić information content (AvgIpc) is 2.89. The van der Waals surface area contributed by atoms with Crippen molar-refractivity contribution in [2.75, 3.05) is 7.05 Å². The van der Waals surface area contributed by atoms with Crippen molar-refractivity contribution in [3.05, 3.63) is 60.1 Å². The van der Waals surface area contributed by atoms with Gasteiger partial charge in [-0.1, -0.05) is 37.3 Å². The van der Waals surface area contributed by atoms with Crippen LogP contribution in [0.4, 0.5) is 0 Å². The number of likely N-dealkylation sites (N-methyl/N-ethyl adjacent to an activating group) is 1. The van der Waals surface area contributed by atoms with Crippen LogP contribution in [-0.4, -0.2) is 13.1 Å². The molecule has 0 bridgehead atoms. The number of hydrogen-bond donors (Lipinski definition) is 1. The van der Waals surface area contributed by atoms with Crippen LogP contribution in [0.1, 0.15) is 24.0 Å². The fourth-order valence-corrected chi connectivity index (χ4v) is 2.18. The lowest BCUT2D eigenvalue weighted by atomic mass is 9.90. The van der Waals surface area contributed by atoms with E-state index in [4.69, 9.17) is 4.42 Å². The van der Waals surface area contributed by atoms with Gasteiger partial charge in [-0.05, 0) is 36.6 Å². The van der Waals surface area contributed by atoms with Gasteiger partial charge < -0.3 is 9.73 Å². The van der Waals surface area contributed by atoms with Gasteiger partial charge in [-0.3, -0.25) is 0 Å². The monoisotopic (exact) mass is 229 g/mol. The molecule has 0 fully saturated rings. The van der Waals surface area contributed by atoms with E-state index in [9.17, 15) is 0 Å². The zero-order valence-electron chi connectivity index (χ0n) is 10.4. The second-order valence-corrected chi connectivity index (χ2v) is 4.43. The minimum atomic E-state index is 0.426. The lowest BCUT2D eigenvalue weighted by Crippen LogP contribution is -2.32. The Kier molecular flexibility index (Phi) is 3.99. The quantitative estimate of drug-likeness (QED) is 0.851. The Bertz CT molecular complexity index is 421. The summed E-state index contributed by atoms with van der Waals surface area (Å²) in [5.41, 5.74) is 2.61. The summed E-state index contributed by atoms with van der Waals surface area (Å²) in [5, 5.41) is 3.40. The molecule has 2 atom stereocenters. The Morgan fingerprint density at radius 3 is 2.53 bits per heavy atom. The SMILES string of the molecule is CNC(Cc1ccoc1)C(C)c1ccccc1. The first kappa shape index (κ1) is 11.9. The van der Waals surface area contributed by atoms with Crippen LogP contribution >= 0.6 is 0 Å². The van der Waals surface area contributed by atoms with Gasteiger partial charge in [-0.25, -0.2) is 0 Å². The minimum Gasteiger partial charge on any atom is -0.472 e. The maximum atomic E-state index is 5.12. The van der Waals surface area contributed by atoms with Crippen LogP contribution in [0.25, 0.3) is 0 Å². The predicted octanol–water partition coefficient (Wildman–Crippen LogP) is 3.21.